The molecule has 0 N–H and O–H groups in total. The Morgan fingerprint density at radius 3 is 2.62 bits per heavy atom. The molecular weight excluding hydrogens is 262 g/mol. The van der Waals surface area contributed by atoms with E-state index in [9.17, 15) is 4.79 Å². The highest BCUT2D eigenvalue weighted by Crippen LogP contribution is 2.22. The average Bonchev–Trinajstić information content (AvgIpc) is 2.46. The summed E-state index contributed by atoms with van der Waals surface area (Å²) >= 11 is 0. The maximum atomic E-state index is 12.5. The zero-order valence-corrected chi connectivity index (χ0v) is 13.6. The molecule has 1 amide bonds. The molecule has 4 heteroatoms. The van der Waals surface area contributed by atoms with Gasteiger partial charge in [-0.05, 0) is 44.4 Å². The number of amides is 1. The van der Waals surface area contributed by atoms with E-state index < -0.39 is 0 Å². The van der Waals surface area contributed by atoms with Crippen molar-refractivity contribution >= 4 is 5.91 Å². The molecule has 0 bridgehead atoms. The Bertz CT molecular complexity index is 452. The molecule has 2 heterocycles. The van der Waals surface area contributed by atoms with Crippen LogP contribution in [0.1, 0.15) is 38.9 Å². The number of piperidine rings is 1. The van der Waals surface area contributed by atoms with Crippen molar-refractivity contribution in [1.82, 2.24) is 14.8 Å². The van der Waals surface area contributed by atoms with Crippen LogP contribution in [0.15, 0.2) is 24.4 Å². The number of rotatable bonds is 4. The first kappa shape index (κ1) is 16.0. The topological polar surface area (TPSA) is 36.4 Å². The smallest absolute Gasteiger partial charge is 0.236 e. The first-order chi connectivity index (χ1) is 9.97. The molecule has 1 saturated heterocycles. The molecule has 0 unspecified atom stereocenters. The SMILES string of the molecule is C[C@@H]1C[C@@H](C)CN(C(=O)CN(C)[C@H](C)c2ccccn2)C1. The van der Waals surface area contributed by atoms with Crippen LogP contribution in [0.3, 0.4) is 0 Å². The van der Waals surface area contributed by atoms with E-state index in [0.717, 1.165) is 18.8 Å². The first-order valence-electron chi connectivity index (χ1n) is 7.86. The molecule has 2 rings (SSSR count). The summed E-state index contributed by atoms with van der Waals surface area (Å²) < 4.78 is 0. The largest absolute Gasteiger partial charge is 0.341 e. The van der Waals surface area contributed by atoms with Crippen molar-refractivity contribution in [3.63, 3.8) is 0 Å². The molecule has 0 saturated carbocycles. The van der Waals surface area contributed by atoms with Gasteiger partial charge in [-0.1, -0.05) is 19.9 Å². The van der Waals surface area contributed by atoms with E-state index in [1.54, 1.807) is 6.20 Å². The number of carbonyl (C=O) groups is 1. The van der Waals surface area contributed by atoms with Crippen LogP contribution in [0.2, 0.25) is 0 Å². The van der Waals surface area contributed by atoms with Crippen LogP contribution in [-0.2, 0) is 4.79 Å². The quantitative estimate of drug-likeness (QED) is 0.855. The fourth-order valence-corrected chi connectivity index (χ4v) is 3.17. The van der Waals surface area contributed by atoms with Crippen LogP contribution in [0.5, 0.6) is 0 Å². The van der Waals surface area contributed by atoms with Crippen molar-refractivity contribution < 1.29 is 4.79 Å². The van der Waals surface area contributed by atoms with E-state index in [0.29, 0.717) is 18.4 Å². The molecule has 0 radical (unpaired) electrons. The zero-order valence-electron chi connectivity index (χ0n) is 13.6. The summed E-state index contributed by atoms with van der Waals surface area (Å²) in [5.41, 5.74) is 1.01. The van der Waals surface area contributed by atoms with Crippen LogP contribution in [0.25, 0.3) is 0 Å². The summed E-state index contributed by atoms with van der Waals surface area (Å²) in [5.74, 6) is 1.45. The minimum atomic E-state index is 0.148. The van der Waals surface area contributed by atoms with Gasteiger partial charge in [0.2, 0.25) is 5.91 Å². The van der Waals surface area contributed by atoms with E-state index in [4.69, 9.17) is 0 Å². The van der Waals surface area contributed by atoms with Gasteiger partial charge in [0, 0.05) is 25.3 Å². The van der Waals surface area contributed by atoms with Gasteiger partial charge in [-0.25, -0.2) is 0 Å². The number of carbonyl (C=O) groups excluding carboxylic acids is 1. The fourth-order valence-electron chi connectivity index (χ4n) is 3.17. The lowest BCUT2D eigenvalue weighted by atomic mass is 9.92. The van der Waals surface area contributed by atoms with Crippen molar-refractivity contribution in [3.8, 4) is 0 Å². The Kier molecular flexibility index (Phi) is 5.34. The maximum absolute atomic E-state index is 12.5. The van der Waals surface area contributed by atoms with Crippen molar-refractivity contribution in [2.45, 2.75) is 33.2 Å². The van der Waals surface area contributed by atoms with E-state index in [1.165, 1.54) is 6.42 Å². The van der Waals surface area contributed by atoms with Gasteiger partial charge in [-0.3, -0.25) is 14.7 Å². The number of likely N-dealkylation sites (tertiary alicyclic amines) is 1. The van der Waals surface area contributed by atoms with E-state index in [-0.39, 0.29) is 11.9 Å². The number of nitrogens with zero attached hydrogens (tertiary/aromatic N) is 3. The third kappa shape index (κ3) is 4.27. The third-order valence-electron chi connectivity index (χ3n) is 4.38. The van der Waals surface area contributed by atoms with E-state index in [2.05, 4.69) is 30.7 Å². The first-order valence-corrected chi connectivity index (χ1v) is 7.86. The number of hydrogen-bond donors (Lipinski definition) is 0. The molecule has 1 aromatic heterocycles. The van der Waals surface area contributed by atoms with E-state index in [1.807, 2.05) is 30.1 Å². The van der Waals surface area contributed by atoms with E-state index >= 15 is 0 Å². The molecule has 4 nitrogen and oxygen atoms in total. The summed E-state index contributed by atoms with van der Waals surface area (Å²) in [6, 6.07) is 6.06. The van der Waals surface area contributed by atoms with Crippen LogP contribution >= 0.6 is 0 Å². The second-order valence-electron chi connectivity index (χ2n) is 6.59. The lowest BCUT2D eigenvalue weighted by Gasteiger charge is -2.36. The molecule has 1 aromatic rings. The van der Waals surface area contributed by atoms with Crippen molar-refractivity contribution in [2.24, 2.45) is 11.8 Å². The van der Waals surface area contributed by atoms with Gasteiger partial charge >= 0.3 is 0 Å². The molecule has 1 aliphatic heterocycles. The highest BCUT2D eigenvalue weighted by molar-refractivity contribution is 5.78. The van der Waals surface area contributed by atoms with Crippen LogP contribution in [0, 0.1) is 11.8 Å². The second-order valence-corrected chi connectivity index (χ2v) is 6.59. The summed E-state index contributed by atoms with van der Waals surface area (Å²) in [4.78, 5) is 21.0. The van der Waals surface area contributed by atoms with Gasteiger partial charge < -0.3 is 4.90 Å². The highest BCUT2D eigenvalue weighted by atomic mass is 16.2. The average molecular weight is 289 g/mol. The number of pyridine rings is 1. The lowest BCUT2D eigenvalue weighted by molar-refractivity contribution is -0.135. The number of likely N-dealkylation sites (N-methyl/N-ethyl adjacent to an activating group) is 1. The summed E-state index contributed by atoms with van der Waals surface area (Å²) in [6.07, 6.45) is 3.03. The normalized spacial score (nSPS) is 24.1. The summed E-state index contributed by atoms with van der Waals surface area (Å²) in [6.45, 7) is 8.81. The van der Waals surface area contributed by atoms with Crippen LogP contribution < -0.4 is 0 Å². The molecule has 0 aliphatic carbocycles. The Morgan fingerprint density at radius 1 is 1.38 bits per heavy atom. The molecular formula is C17H27N3O. The predicted octanol–water partition coefficient (Wildman–Crippen LogP) is 2.58. The van der Waals surface area contributed by atoms with Gasteiger partial charge in [0.1, 0.15) is 0 Å². The van der Waals surface area contributed by atoms with Crippen molar-refractivity contribution in [1.29, 1.82) is 0 Å². The Hall–Kier alpha value is -1.42. The Morgan fingerprint density at radius 2 is 2.05 bits per heavy atom. The van der Waals surface area contributed by atoms with Gasteiger partial charge in [-0.15, -0.1) is 0 Å². The third-order valence-corrected chi connectivity index (χ3v) is 4.38. The minimum Gasteiger partial charge on any atom is -0.341 e. The van der Waals surface area contributed by atoms with Crippen molar-refractivity contribution in [3.05, 3.63) is 30.1 Å². The standard InChI is InChI=1S/C17H27N3O/c1-13-9-14(2)11-20(10-13)17(21)12-19(4)15(3)16-7-5-6-8-18-16/h5-8,13-15H,9-12H2,1-4H3/t13-,14-,15-/m1/s1. The lowest BCUT2D eigenvalue weighted by Crippen LogP contribution is -2.46. The molecule has 1 aliphatic rings. The molecule has 3 atom stereocenters. The molecule has 0 aromatic carbocycles. The monoisotopic (exact) mass is 289 g/mol. The maximum Gasteiger partial charge on any atom is 0.236 e. The second kappa shape index (κ2) is 7.03. The van der Waals surface area contributed by atoms with Crippen LogP contribution in [-0.4, -0.2) is 47.4 Å². The molecule has 1 fully saturated rings. The van der Waals surface area contributed by atoms with Gasteiger partial charge in [0.25, 0.3) is 0 Å². The molecule has 116 valence electrons. The predicted molar refractivity (Wildman–Crippen MR) is 84.8 cm³/mol. The van der Waals surface area contributed by atoms with Gasteiger partial charge in [-0.2, -0.15) is 0 Å². The van der Waals surface area contributed by atoms with Crippen LogP contribution in [0.4, 0.5) is 0 Å². The number of aromatic nitrogens is 1. The molecule has 0 spiro atoms. The van der Waals surface area contributed by atoms with Gasteiger partial charge in [0.15, 0.2) is 0 Å². The summed E-state index contributed by atoms with van der Waals surface area (Å²) in [7, 11) is 1.99. The highest BCUT2D eigenvalue weighted by Gasteiger charge is 2.26. The summed E-state index contributed by atoms with van der Waals surface area (Å²) in [5, 5.41) is 0. The number of hydrogen-bond acceptors (Lipinski definition) is 3. The van der Waals surface area contributed by atoms with Crippen molar-refractivity contribution in [2.75, 3.05) is 26.7 Å². The Balaban J connectivity index is 1.92. The fraction of sp³-hybridized carbons (Fsp3) is 0.647. The minimum absolute atomic E-state index is 0.148. The Labute approximate surface area is 128 Å². The zero-order chi connectivity index (χ0) is 15.4. The molecule has 21 heavy (non-hydrogen) atoms. The van der Waals surface area contributed by atoms with Gasteiger partial charge in [0.05, 0.1) is 12.2 Å².